The van der Waals surface area contributed by atoms with Crippen LogP contribution in [0.4, 0.5) is 0 Å². The Kier molecular flexibility index (Phi) is 4.74. The number of rotatable bonds is 4. The van der Waals surface area contributed by atoms with Crippen LogP contribution >= 0.6 is 0 Å². The van der Waals surface area contributed by atoms with Gasteiger partial charge in [-0.2, -0.15) is 0 Å². The number of carboxylic acid groups (broad SMARTS) is 1. The van der Waals surface area contributed by atoms with E-state index in [-0.39, 0.29) is 12.0 Å². The van der Waals surface area contributed by atoms with Crippen LogP contribution in [-0.2, 0) is 4.79 Å². The summed E-state index contributed by atoms with van der Waals surface area (Å²) in [5.41, 5.74) is 0. The summed E-state index contributed by atoms with van der Waals surface area (Å²) in [6.07, 6.45) is 0. The fraction of sp³-hybridized carbons (Fsp3) is 0.917. The fourth-order valence-corrected chi connectivity index (χ4v) is 2.39. The topological polar surface area (TPSA) is 43.8 Å². The molecule has 1 N–H and O–H groups in total. The number of aliphatic carboxylic acids is 1. The Balaban J connectivity index is 2.54. The molecule has 0 aromatic rings. The van der Waals surface area contributed by atoms with E-state index < -0.39 is 5.97 Å². The molecule has 16 heavy (non-hydrogen) atoms. The molecule has 0 amide bonds. The second kappa shape index (κ2) is 5.64. The molecule has 0 bridgehead atoms. The summed E-state index contributed by atoms with van der Waals surface area (Å²) in [7, 11) is 0. The van der Waals surface area contributed by atoms with Gasteiger partial charge in [0.05, 0.1) is 5.92 Å². The minimum atomic E-state index is -0.696. The van der Waals surface area contributed by atoms with Crippen molar-refractivity contribution in [3.05, 3.63) is 0 Å². The van der Waals surface area contributed by atoms with Gasteiger partial charge in [-0.15, -0.1) is 0 Å². The lowest BCUT2D eigenvalue weighted by atomic mass is 10.0. The largest absolute Gasteiger partial charge is 0.481 e. The first kappa shape index (κ1) is 13.5. The quantitative estimate of drug-likeness (QED) is 0.783. The molecule has 1 heterocycles. The van der Waals surface area contributed by atoms with Crippen LogP contribution in [0.25, 0.3) is 0 Å². The molecule has 0 aliphatic carbocycles. The van der Waals surface area contributed by atoms with E-state index in [0.717, 1.165) is 26.2 Å². The monoisotopic (exact) mass is 228 g/mol. The van der Waals surface area contributed by atoms with Crippen molar-refractivity contribution < 1.29 is 9.90 Å². The molecule has 0 aromatic heterocycles. The van der Waals surface area contributed by atoms with Gasteiger partial charge in [0, 0.05) is 31.7 Å². The minimum absolute atomic E-state index is 0.124. The predicted molar refractivity (Wildman–Crippen MR) is 64.5 cm³/mol. The first-order valence-corrected chi connectivity index (χ1v) is 6.18. The molecule has 0 spiro atoms. The van der Waals surface area contributed by atoms with Gasteiger partial charge in [-0.3, -0.25) is 14.6 Å². The molecule has 1 saturated heterocycles. The number of carboxylic acids is 1. The second-order valence-electron chi connectivity index (χ2n) is 4.84. The summed E-state index contributed by atoms with van der Waals surface area (Å²) in [5, 5.41) is 9.01. The Bertz CT molecular complexity index is 245. The maximum absolute atomic E-state index is 10.9. The summed E-state index contributed by atoms with van der Waals surface area (Å²) in [5.74, 6) is -0.988. The molecule has 1 aliphatic heterocycles. The van der Waals surface area contributed by atoms with Gasteiger partial charge in [0.2, 0.25) is 0 Å². The van der Waals surface area contributed by atoms with E-state index in [1.54, 1.807) is 6.92 Å². The molecule has 0 radical (unpaired) electrons. The lowest BCUT2D eigenvalue weighted by Gasteiger charge is -2.43. The van der Waals surface area contributed by atoms with E-state index in [0.29, 0.717) is 6.04 Å². The highest BCUT2D eigenvalue weighted by atomic mass is 16.4. The first-order chi connectivity index (χ1) is 7.47. The van der Waals surface area contributed by atoms with Gasteiger partial charge in [0.1, 0.15) is 0 Å². The predicted octanol–water partition coefficient (Wildman–Crippen LogP) is 1.12. The van der Waals surface area contributed by atoms with Crippen LogP contribution in [0.1, 0.15) is 27.7 Å². The van der Waals surface area contributed by atoms with Crippen LogP contribution in [0.2, 0.25) is 0 Å². The Labute approximate surface area is 98.2 Å². The number of hydrogen-bond acceptors (Lipinski definition) is 3. The fourth-order valence-electron chi connectivity index (χ4n) is 2.39. The number of piperazine rings is 1. The Morgan fingerprint density at radius 1 is 1.44 bits per heavy atom. The summed E-state index contributed by atoms with van der Waals surface area (Å²) in [6.45, 7) is 12.3. The summed E-state index contributed by atoms with van der Waals surface area (Å²) in [4.78, 5) is 15.7. The van der Waals surface area contributed by atoms with E-state index in [4.69, 9.17) is 5.11 Å². The average molecular weight is 228 g/mol. The van der Waals surface area contributed by atoms with E-state index in [1.165, 1.54) is 0 Å². The number of nitrogens with zero attached hydrogens (tertiary/aromatic N) is 2. The summed E-state index contributed by atoms with van der Waals surface area (Å²) >= 11 is 0. The number of carbonyl (C=O) groups is 1. The van der Waals surface area contributed by atoms with Crippen LogP contribution in [0.3, 0.4) is 0 Å². The van der Waals surface area contributed by atoms with Crippen LogP contribution < -0.4 is 0 Å². The second-order valence-corrected chi connectivity index (χ2v) is 4.84. The third-order valence-corrected chi connectivity index (χ3v) is 3.89. The van der Waals surface area contributed by atoms with E-state index in [9.17, 15) is 4.79 Å². The van der Waals surface area contributed by atoms with Crippen molar-refractivity contribution in [3.8, 4) is 0 Å². The van der Waals surface area contributed by atoms with E-state index in [1.807, 2.05) is 6.92 Å². The molecular weight excluding hydrogens is 204 g/mol. The van der Waals surface area contributed by atoms with Gasteiger partial charge in [-0.1, -0.05) is 13.8 Å². The van der Waals surface area contributed by atoms with Crippen molar-refractivity contribution in [2.45, 2.75) is 39.8 Å². The number of likely N-dealkylation sites (N-methyl/N-ethyl adjacent to an activating group) is 1. The molecule has 0 aromatic carbocycles. The maximum atomic E-state index is 10.9. The molecule has 1 rings (SSSR count). The van der Waals surface area contributed by atoms with Gasteiger partial charge in [0.15, 0.2) is 0 Å². The van der Waals surface area contributed by atoms with Crippen molar-refractivity contribution in [2.24, 2.45) is 5.92 Å². The third-order valence-electron chi connectivity index (χ3n) is 3.89. The lowest BCUT2D eigenvalue weighted by Crippen LogP contribution is -2.55. The first-order valence-electron chi connectivity index (χ1n) is 6.18. The van der Waals surface area contributed by atoms with Crippen LogP contribution in [0.5, 0.6) is 0 Å². The van der Waals surface area contributed by atoms with Crippen molar-refractivity contribution in [2.75, 3.05) is 26.2 Å². The van der Waals surface area contributed by atoms with Crippen LogP contribution in [-0.4, -0.2) is 59.1 Å². The van der Waals surface area contributed by atoms with Crippen LogP contribution in [0.15, 0.2) is 0 Å². The zero-order chi connectivity index (χ0) is 12.3. The minimum Gasteiger partial charge on any atom is -0.481 e. The Morgan fingerprint density at radius 3 is 2.50 bits per heavy atom. The normalized spacial score (nSPS) is 27.6. The van der Waals surface area contributed by atoms with E-state index >= 15 is 0 Å². The van der Waals surface area contributed by atoms with Gasteiger partial charge in [-0.25, -0.2) is 0 Å². The maximum Gasteiger partial charge on any atom is 0.307 e. The number of hydrogen-bond donors (Lipinski definition) is 1. The molecule has 3 unspecified atom stereocenters. The summed E-state index contributed by atoms with van der Waals surface area (Å²) in [6, 6.07) is 0.654. The van der Waals surface area contributed by atoms with Gasteiger partial charge >= 0.3 is 5.97 Å². The molecule has 0 saturated carbocycles. The highest BCUT2D eigenvalue weighted by Crippen LogP contribution is 2.17. The SMILES string of the molecule is CCN1CCN(C(C)C(C)C(=O)O)CC1C. The van der Waals surface area contributed by atoms with Crippen molar-refractivity contribution in [1.29, 1.82) is 0 Å². The third kappa shape index (κ3) is 2.95. The molecule has 1 fully saturated rings. The highest BCUT2D eigenvalue weighted by molar-refractivity contribution is 5.70. The lowest BCUT2D eigenvalue weighted by molar-refractivity contribution is -0.143. The molecule has 94 valence electrons. The zero-order valence-corrected chi connectivity index (χ0v) is 10.8. The van der Waals surface area contributed by atoms with Gasteiger partial charge in [-0.05, 0) is 20.4 Å². The Morgan fingerprint density at radius 2 is 2.06 bits per heavy atom. The Hall–Kier alpha value is -0.610. The molecular formula is C12H24N2O2. The van der Waals surface area contributed by atoms with Gasteiger partial charge in [0.25, 0.3) is 0 Å². The van der Waals surface area contributed by atoms with Crippen LogP contribution in [0, 0.1) is 5.92 Å². The van der Waals surface area contributed by atoms with Crippen molar-refractivity contribution in [3.63, 3.8) is 0 Å². The average Bonchev–Trinajstić information content (AvgIpc) is 2.26. The molecule has 4 heteroatoms. The van der Waals surface area contributed by atoms with Crippen molar-refractivity contribution >= 4 is 5.97 Å². The van der Waals surface area contributed by atoms with Crippen molar-refractivity contribution in [1.82, 2.24) is 9.80 Å². The molecule has 1 aliphatic rings. The smallest absolute Gasteiger partial charge is 0.307 e. The molecule has 3 atom stereocenters. The standard InChI is InChI=1S/C12H24N2O2/c1-5-13-6-7-14(8-9(13)2)11(4)10(3)12(15)16/h9-11H,5-8H2,1-4H3,(H,15,16). The van der Waals surface area contributed by atoms with Gasteiger partial charge < -0.3 is 5.11 Å². The highest BCUT2D eigenvalue weighted by Gasteiger charge is 2.30. The molecule has 4 nitrogen and oxygen atoms in total. The summed E-state index contributed by atoms with van der Waals surface area (Å²) < 4.78 is 0. The van der Waals surface area contributed by atoms with E-state index in [2.05, 4.69) is 23.6 Å². The zero-order valence-electron chi connectivity index (χ0n) is 10.8.